The van der Waals surface area contributed by atoms with Gasteiger partial charge in [0.1, 0.15) is 0 Å². The second kappa shape index (κ2) is 11.0. The van der Waals surface area contributed by atoms with E-state index in [9.17, 15) is 14.4 Å². The van der Waals surface area contributed by atoms with Crippen molar-refractivity contribution in [2.75, 3.05) is 7.11 Å². The van der Waals surface area contributed by atoms with E-state index in [1.54, 1.807) is 66.7 Å². The number of nitrogens with zero attached hydrogens (tertiary/aromatic N) is 1. The molecule has 0 atom stereocenters. The fourth-order valence-corrected chi connectivity index (χ4v) is 5.17. The van der Waals surface area contributed by atoms with Crippen molar-refractivity contribution >= 4 is 80.7 Å². The summed E-state index contributed by atoms with van der Waals surface area (Å²) >= 11 is 14.9. The molecule has 4 rings (SSSR count). The summed E-state index contributed by atoms with van der Waals surface area (Å²) in [5.74, 6) is -0.490. The molecule has 1 saturated heterocycles. The first-order valence-electron chi connectivity index (χ1n) is 10.1. The number of carbonyl (C=O) groups excluding carboxylic acids is 3. The topological polar surface area (TPSA) is 72.9 Å². The van der Waals surface area contributed by atoms with Crippen molar-refractivity contribution in [3.05, 3.63) is 95.9 Å². The second-order valence-corrected chi connectivity index (χ2v) is 10.3. The van der Waals surface area contributed by atoms with Crippen LogP contribution in [0.4, 0.5) is 4.79 Å². The zero-order valence-corrected chi connectivity index (χ0v) is 22.6. The molecule has 1 heterocycles. The first-order valence-corrected chi connectivity index (χ1v) is 12.8. The summed E-state index contributed by atoms with van der Waals surface area (Å²) in [5.41, 5.74) is 1.63. The summed E-state index contributed by atoms with van der Waals surface area (Å²) in [6.45, 7) is 0.150. The minimum atomic E-state index is -0.622. The molecule has 1 aliphatic rings. The number of esters is 1. The molecule has 1 fully saturated rings. The maximum Gasteiger partial charge on any atom is 0.345 e. The number of carbonyl (C=O) groups is 3. The number of benzene rings is 3. The van der Waals surface area contributed by atoms with Crippen molar-refractivity contribution in [1.29, 1.82) is 0 Å². The van der Waals surface area contributed by atoms with Crippen molar-refractivity contribution in [3.8, 4) is 11.5 Å². The van der Waals surface area contributed by atoms with Gasteiger partial charge in [-0.3, -0.25) is 14.5 Å². The van der Waals surface area contributed by atoms with Gasteiger partial charge in [-0.2, -0.15) is 0 Å². The van der Waals surface area contributed by atoms with Crippen molar-refractivity contribution in [2.24, 2.45) is 0 Å². The molecule has 2 amide bonds. The first-order chi connectivity index (χ1) is 16.8. The number of rotatable bonds is 6. The Morgan fingerprint density at radius 1 is 1.09 bits per heavy atom. The molecule has 0 aliphatic carbocycles. The summed E-state index contributed by atoms with van der Waals surface area (Å²) in [7, 11) is 1.45. The third kappa shape index (κ3) is 5.83. The Labute approximate surface area is 229 Å². The lowest BCUT2D eigenvalue weighted by atomic mass is 10.1. The third-order valence-electron chi connectivity index (χ3n) is 4.97. The normalized spacial score (nSPS) is 14.5. The van der Waals surface area contributed by atoms with E-state index >= 15 is 0 Å². The van der Waals surface area contributed by atoms with Crippen molar-refractivity contribution in [2.45, 2.75) is 6.54 Å². The minimum absolute atomic E-state index is 0.150. The molecule has 3 aromatic carbocycles. The second-order valence-electron chi connectivity index (χ2n) is 7.30. The fourth-order valence-electron chi connectivity index (χ4n) is 3.26. The summed E-state index contributed by atoms with van der Waals surface area (Å²) in [6.07, 6.45) is 1.61. The average molecular weight is 640 g/mol. The van der Waals surface area contributed by atoms with Gasteiger partial charge in [-0.1, -0.05) is 47.5 Å². The molecule has 1 aliphatic heterocycles. The summed E-state index contributed by atoms with van der Waals surface area (Å²) in [6, 6.07) is 16.9. The van der Waals surface area contributed by atoms with Gasteiger partial charge in [0.25, 0.3) is 11.1 Å². The van der Waals surface area contributed by atoms with Crippen molar-refractivity contribution in [1.82, 2.24) is 4.90 Å². The number of halogens is 3. The van der Waals surface area contributed by atoms with Crippen LogP contribution in [0.25, 0.3) is 6.08 Å². The Morgan fingerprint density at radius 2 is 1.80 bits per heavy atom. The van der Waals surface area contributed by atoms with Gasteiger partial charge in [0.05, 0.1) is 32.7 Å². The van der Waals surface area contributed by atoms with Crippen LogP contribution in [0.2, 0.25) is 10.0 Å². The quantitative estimate of drug-likeness (QED) is 0.124. The highest BCUT2D eigenvalue weighted by atomic mass is 127. The van der Waals surface area contributed by atoms with Gasteiger partial charge in [-0.15, -0.1) is 0 Å². The Hall–Kier alpha value is -2.53. The molecule has 35 heavy (non-hydrogen) atoms. The number of amides is 2. The largest absolute Gasteiger partial charge is 0.493 e. The molecule has 6 nitrogen and oxygen atoms in total. The standard InChI is InChI=1S/C25H16Cl2INO5S/c1-33-20-11-15(10-19(28)22(20)34-24(31)17-4-2-3-5-18(17)27)12-21-23(30)29(25(32)35-21)13-14-6-8-16(26)9-7-14/h2-12H,13H2,1H3/b21-12-. The van der Waals surface area contributed by atoms with E-state index in [-0.39, 0.29) is 33.0 Å². The predicted molar refractivity (Wildman–Crippen MR) is 145 cm³/mol. The molecular formula is C25H16Cl2INO5S. The fraction of sp³-hybridized carbons (Fsp3) is 0.0800. The highest BCUT2D eigenvalue weighted by Crippen LogP contribution is 2.38. The van der Waals surface area contributed by atoms with Crippen LogP contribution in [-0.4, -0.2) is 29.1 Å². The molecule has 0 N–H and O–H groups in total. The van der Waals surface area contributed by atoms with Crippen LogP contribution in [-0.2, 0) is 11.3 Å². The molecule has 0 radical (unpaired) electrons. The van der Waals surface area contributed by atoms with Gasteiger partial charge in [-0.05, 0) is 88.0 Å². The number of hydrogen-bond acceptors (Lipinski definition) is 6. The number of hydrogen-bond donors (Lipinski definition) is 0. The van der Waals surface area contributed by atoms with Gasteiger partial charge < -0.3 is 9.47 Å². The summed E-state index contributed by atoms with van der Waals surface area (Å²) in [5, 5.41) is 0.493. The molecule has 0 unspecified atom stereocenters. The van der Waals surface area contributed by atoms with Gasteiger partial charge in [-0.25, -0.2) is 4.79 Å². The molecule has 3 aromatic rings. The molecule has 0 saturated carbocycles. The monoisotopic (exact) mass is 639 g/mol. The maximum atomic E-state index is 12.9. The number of ether oxygens (including phenoxy) is 2. The van der Waals surface area contributed by atoms with E-state index in [2.05, 4.69) is 0 Å². The lowest BCUT2D eigenvalue weighted by Crippen LogP contribution is -2.27. The number of methoxy groups -OCH3 is 1. The maximum absolute atomic E-state index is 12.9. The van der Waals surface area contributed by atoms with Crippen LogP contribution in [0.3, 0.4) is 0 Å². The zero-order valence-electron chi connectivity index (χ0n) is 18.1. The van der Waals surface area contributed by atoms with Crippen LogP contribution >= 0.6 is 57.6 Å². The molecule has 178 valence electrons. The minimum Gasteiger partial charge on any atom is -0.493 e. The van der Waals surface area contributed by atoms with Gasteiger partial charge in [0.2, 0.25) is 0 Å². The van der Waals surface area contributed by atoms with Gasteiger partial charge in [0, 0.05) is 5.02 Å². The van der Waals surface area contributed by atoms with Crippen LogP contribution in [0.15, 0.2) is 65.6 Å². The van der Waals surface area contributed by atoms with E-state index in [1.807, 2.05) is 22.6 Å². The van der Waals surface area contributed by atoms with Crippen LogP contribution in [0.5, 0.6) is 11.5 Å². The van der Waals surface area contributed by atoms with E-state index in [0.29, 0.717) is 19.9 Å². The smallest absolute Gasteiger partial charge is 0.345 e. The third-order valence-corrected chi connectivity index (χ3v) is 7.26. The van der Waals surface area contributed by atoms with Crippen molar-refractivity contribution < 1.29 is 23.9 Å². The summed E-state index contributed by atoms with van der Waals surface area (Å²) < 4.78 is 11.6. The lowest BCUT2D eigenvalue weighted by molar-refractivity contribution is -0.123. The lowest BCUT2D eigenvalue weighted by Gasteiger charge is -2.13. The number of imide groups is 1. The van der Waals surface area contributed by atoms with Crippen molar-refractivity contribution in [3.63, 3.8) is 0 Å². The molecule has 0 spiro atoms. The van der Waals surface area contributed by atoms with Gasteiger partial charge >= 0.3 is 5.97 Å². The molecule has 0 aromatic heterocycles. The molecular weight excluding hydrogens is 624 g/mol. The van der Waals surface area contributed by atoms with E-state index in [1.165, 1.54) is 12.0 Å². The highest BCUT2D eigenvalue weighted by Gasteiger charge is 2.35. The predicted octanol–water partition coefficient (Wildman–Crippen LogP) is 7.06. The summed E-state index contributed by atoms with van der Waals surface area (Å²) in [4.78, 5) is 39.5. The van der Waals surface area contributed by atoms with E-state index < -0.39 is 11.9 Å². The molecule has 10 heteroatoms. The average Bonchev–Trinajstić information content (AvgIpc) is 3.09. The van der Waals surface area contributed by atoms with Crippen LogP contribution in [0, 0.1) is 3.57 Å². The SMILES string of the molecule is COc1cc(/C=C2\SC(=O)N(Cc3ccc(Cl)cc3)C2=O)cc(I)c1OC(=O)c1ccccc1Cl. The Bertz CT molecular complexity index is 1360. The van der Waals surface area contributed by atoms with Gasteiger partial charge in [0.15, 0.2) is 11.5 Å². The zero-order chi connectivity index (χ0) is 25.1. The Morgan fingerprint density at radius 3 is 2.49 bits per heavy atom. The molecule has 0 bridgehead atoms. The number of thioether (sulfide) groups is 1. The van der Waals surface area contributed by atoms with Crippen LogP contribution < -0.4 is 9.47 Å². The first kappa shape index (κ1) is 25.6. The van der Waals surface area contributed by atoms with E-state index in [0.717, 1.165) is 17.3 Å². The Balaban J connectivity index is 1.57. The van der Waals surface area contributed by atoms with Crippen LogP contribution in [0.1, 0.15) is 21.5 Å². The highest BCUT2D eigenvalue weighted by molar-refractivity contribution is 14.1. The Kier molecular flexibility index (Phi) is 8.05. The van der Waals surface area contributed by atoms with E-state index in [4.69, 9.17) is 32.7 Å².